The molecule has 2 aromatic carbocycles. The van der Waals surface area contributed by atoms with E-state index in [1.54, 1.807) is 16.8 Å². The lowest BCUT2D eigenvalue weighted by Crippen LogP contribution is -2.44. The molecule has 0 fully saturated rings. The summed E-state index contributed by atoms with van der Waals surface area (Å²) in [6.07, 6.45) is 0.326. The first kappa shape index (κ1) is 19.2. The quantitative estimate of drug-likeness (QED) is 0.701. The number of nitrogens with one attached hydrogen (secondary N) is 1. The first-order valence-corrected chi connectivity index (χ1v) is 9.84. The van der Waals surface area contributed by atoms with Gasteiger partial charge in [-0.05, 0) is 30.2 Å². The molecular weight excluding hydrogens is 388 g/mol. The minimum Gasteiger partial charge on any atom is -0.350 e. The highest BCUT2D eigenvalue weighted by molar-refractivity contribution is 6.30. The summed E-state index contributed by atoms with van der Waals surface area (Å²) in [5.41, 5.74) is 3.88. The van der Waals surface area contributed by atoms with E-state index in [0.29, 0.717) is 30.4 Å². The van der Waals surface area contributed by atoms with Crippen LogP contribution < -0.4 is 10.2 Å². The molecule has 1 N–H and O–H groups in total. The molecule has 6 nitrogen and oxygen atoms in total. The van der Waals surface area contributed by atoms with E-state index in [-0.39, 0.29) is 18.4 Å². The molecule has 0 bridgehead atoms. The summed E-state index contributed by atoms with van der Waals surface area (Å²) >= 11 is 5.88. The summed E-state index contributed by atoms with van der Waals surface area (Å²) in [7, 11) is 0. The van der Waals surface area contributed by atoms with E-state index in [9.17, 15) is 9.59 Å². The van der Waals surface area contributed by atoms with E-state index >= 15 is 0 Å². The van der Waals surface area contributed by atoms with Gasteiger partial charge in [-0.1, -0.05) is 48.0 Å². The van der Waals surface area contributed by atoms with Crippen molar-refractivity contribution in [3.63, 3.8) is 0 Å². The van der Waals surface area contributed by atoms with E-state index in [1.807, 2.05) is 49.4 Å². The Kier molecular flexibility index (Phi) is 5.36. The van der Waals surface area contributed by atoms with E-state index in [1.165, 1.54) is 4.90 Å². The van der Waals surface area contributed by atoms with Crippen molar-refractivity contribution in [3.8, 4) is 11.3 Å². The second kappa shape index (κ2) is 8.09. The molecule has 1 aliphatic rings. The number of amides is 2. The average molecular weight is 409 g/mol. The third-order valence-electron chi connectivity index (χ3n) is 5.00. The maximum absolute atomic E-state index is 12.5. The molecule has 7 heteroatoms. The number of hydrogen-bond acceptors (Lipinski definition) is 3. The standard InChI is InChI=1S/C22H21ClN4O2/c1-15-4-2-3-5-18(15)19-12-21-26(22(29)10-11-27(21)25-19)14-20(28)24-13-16-6-8-17(23)9-7-16/h2-9,12H,10-11,13-14H2,1H3,(H,24,28). The van der Waals surface area contributed by atoms with Gasteiger partial charge in [-0.25, -0.2) is 4.68 Å². The monoisotopic (exact) mass is 408 g/mol. The number of benzene rings is 2. The smallest absolute Gasteiger partial charge is 0.240 e. The molecule has 2 heterocycles. The van der Waals surface area contributed by atoms with Crippen LogP contribution in [-0.2, 0) is 22.7 Å². The number of aryl methyl sites for hydroxylation is 2. The number of anilines is 1. The van der Waals surface area contributed by atoms with E-state index in [2.05, 4.69) is 10.4 Å². The SMILES string of the molecule is Cc1ccccc1-c1cc2n(n1)CCC(=O)N2CC(=O)NCc1ccc(Cl)cc1. The molecule has 2 amide bonds. The van der Waals surface area contributed by atoms with Crippen LogP contribution in [0.4, 0.5) is 5.82 Å². The number of carbonyl (C=O) groups is 2. The zero-order valence-electron chi connectivity index (χ0n) is 16.1. The molecule has 1 aromatic heterocycles. The summed E-state index contributed by atoms with van der Waals surface area (Å²) in [6, 6.07) is 17.1. The molecular formula is C22H21ClN4O2. The third-order valence-corrected chi connectivity index (χ3v) is 5.25. The lowest BCUT2D eigenvalue weighted by Gasteiger charge is -2.26. The van der Waals surface area contributed by atoms with Crippen molar-refractivity contribution in [1.29, 1.82) is 0 Å². The number of fused-ring (bicyclic) bond motifs is 1. The number of carbonyl (C=O) groups excluding carboxylic acids is 2. The third kappa shape index (κ3) is 4.17. The van der Waals surface area contributed by atoms with Gasteiger partial charge in [-0.2, -0.15) is 5.10 Å². The molecule has 0 saturated heterocycles. The zero-order valence-corrected chi connectivity index (χ0v) is 16.8. The van der Waals surface area contributed by atoms with Crippen molar-refractivity contribution in [1.82, 2.24) is 15.1 Å². The van der Waals surface area contributed by atoms with Gasteiger partial charge in [0.15, 0.2) is 0 Å². The molecule has 3 aromatic rings. The number of nitrogens with zero attached hydrogens (tertiary/aromatic N) is 3. The Hall–Kier alpha value is -3.12. The van der Waals surface area contributed by atoms with Gasteiger partial charge in [0.2, 0.25) is 11.8 Å². The van der Waals surface area contributed by atoms with Crippen LogP contribution >= 0.6 is 11.6 Å². The van der Waals surface area contributed by atoms with Gasteiger partial charge < -0.3 is 5.32 Å². The van der Waals surface area contributed by atoms with Crippen molar-refractivity contribution in [3.05, 3.63) is 70.7 Å². The largest absolute Gasteiger partial charge is 0.350 e. The fourth-order valence-electron chi connectivity index (χ4n) is 3.42. The second-order valence-electron chi connectivity index (χ2n) is 7.06. The Balaban J connectivity index is 1.50. The summed E-state index contributed by atoms with van der Waals surface area (Å²) in [5, 5.41) is 8.16. The van der Waals surface area contributed by atoms with Crippen molar-refractivity contribution >= 4 is 29.2 Å². The predicted molar refractivity (Wildman–Crippen MR) is 113 cm³/mol. The minimum absolute atomic E-state index is 0.0364. The molecule has 0 unspecified atom stereocenters. The Labute approximate surface area is 174 Å². The van der Waals surface area contributed by atoms with E-state index in [0.717, 1.165) is 22.4 Å². The van der Waals surface area contributed by atoms with Crippen LogP contribution in [0, 0.1) is 6.92 Å². The minimum atomic E-state index is -0.222. The van der Waals surface area contributed by atoms with Crippen molar-refractivity contribution in [2.24, 2.45) is 0 Å². The predicted octanol–water partition coefficient (Wildman–Crippen LogP) is 3.57. The summed E-state index contributed by atoms with van der Waals surface area (Å²) in [5.74, 6) is 0.358. The maximum atomic E-state index is 12.5. The van der Waals surface area contributed by atoms with Crippen LogP contribution in [0.5, 0.6) is 0 Å². The van der Waals surface area contributed by atoms with Crippen molar-refractivity contribution in [2.75, 3.05) is 11.4 Å². The molecule has 1 aliphatic heterocycles. The lowest BCUT2D eigenvalue weighted by atomic mass is 10.1. The molecule has 0 radical (unpaired) electrons. The Bertz CT molecular complexity index is 1060. The van der Waals surface area contributed by atoms with Crippen LogP contribution in [0.2, 0.25) is 5.02 Å². The first-order chi connectivity index (χ1) is 14.0. The second-order valence-corrected chi connectivity index (χ2v) is 7.50. The molecule has 29 heavy (non-hydrogen) atoms. The van der Waals surface area contributed by atoms with Crippen molar-refractivity contribution in [2.45, 2.75) is 26.4 Å². The summed E-state index contributed by atoms with van der Waals surface area (Å²) in [4.78, 5) is 26.5. The Morgan fingerprint density at radius 1 is 1.17 bits per heavy atom. The molecule has 0 saturated carbocycles. The number of hydrogen-bond donors (Lipinski definition) is 1. The van der Waals surface area contributed by atoms with Gasteiger partial charge in [0.1, 0.15) is 12.4 Å². The highest BCUT2D eigenvalue weighted by Gasteiger charge is 2.28. The van der Waals surface area contributed by atoms with Gasteiger partial charge in [-0.15, -0.1) is 0 Å². The Morgan fingerprint density at radius 2 is 1.93 bits per heavy atom. The average Bonchev–Trinajstić information content (AvgIpc) is 3.14. The summed E-state index contributed by atoms with van der Waals surface area (Å²) < 4.78 is 1.80. The maximum Gasteiger partial charge on any atom is 0.240 e. The lowest BCUT2D eigenvalue weighted by molar-refractivity contribution is -0.124. The van der Waals surface area contributed by atoms with Crippen LogP contribution in [0.25, 0.3) is 11.3 Å². The van der Waals surface area contributed by atoms with E-state index < -0.39 is 0 Å². The van der Waals surface area contributed by atoms with Crippen molar-refractivity contribution < 1.29 is 9.59 Å². The zero-order chi connectivity index (χ0) is 20.4. The fraction of sp³-hybridized carbons (Fsp3) is 0.227. The van der Waals surface area contributed by atoms with Crippen LogP contribution in [0.3, 0.4) is 0 Å². The fourth-order valence-corrected chi connectivity index (χ4v) is 3.54. The van der Waals surface area contributed by atoms with Crippen LogP contribution in [0.1, 0.15) is 17.5 Å². The van der Waals surface area contributed by atoms with Gasteiger partial charge >= 0.3 is 0 Å². The van der Waals surface area contributed by atoms with Crippen LogP contribution in [0.15, 0.2) is 54.6 Å². The van der Waals surface area contributed by atoms with Crippen LogP contribution in [-0.4, -0.2) is 28.1 Å². The molecule has 0 spiro atoms. The first-order valence-electron chi connectivity index (χ1n) is 9.46. The normalized spacial score (nSPS) is 13.3. The van der Waals surface area contributed by atoms with Gasteiger partial charge in [0, 0.05) is 29.6 Å². The molecule has 0 atom stereocenters. The Morgan fingerprint density at radius 3 is 2.69 bits per heavy atom. The highest BCUT2D eigenvalue weighted by Crippen LogP contribution is 2.29. The number of halogens is 1. The molecule has 0 aliphatic carbocycles. The molecule has 148 valence electrons. The summed E-state index contributed by atoms with van der Waals surface area (Å²) in [6.45, 7) is 2.89. The highest BCUT2D eigenvalue weighted by atomic mass is 35.5. The van der Waals surface area contributed by atoms with Gasteiger partial charge in [-0.3, -0.25) is 14.5 Å². The van der Waals surface area contributed by atoms with Gasteiger partial charge in [0.25, 0.3) is 0 Å². The van der Waals surface area contributed by atoms with E-state index in [4.69, 9.17) is 11.6 Å². The molecule has 4 rings (SSSR count). The van der Waals surface area contributed by atoms with Gasteiger partial charge in [0.05, 0.1) is 12.2 Å². The topological polar surface area (TPSA) is 67.2 Å². The number of aromatic nitrogens is 2. The number of rotatable bonds is 5.